The number of benzene rings is 1. The lowest BCUT2D eigenvalue weighted by atomic mass is 10.2. The van der Waals surface area contributed by atoms with E-state index in [4.69, 9.17) is 16.3 Å². The van der Waals surface area contributed by atoms with Gasteiger partial charge in [0.25, 0.3) is 0 Å². The Balaban J connectivity index is 0.00000156. The highest BCUT2D eigenvalue weighted by atomic mass is 35.5. The van der Waals surface area contributed by atoms with E-state index in [1.54, 1.807) is 11.8 Å². The number of nitrogens with zero attached hydrogens (tertiary/aromatic N) is 2. The standard InChI is InChI=1S/C16H22ClN3O2S.2ClH/c17-13-1-3-14(4-2-13)22-10-9-19-5-7-20(8-6-19)16(21)15-11-23-12-18-15;;/h1-4,15,18H,5-12H2;2*1H. The van der Waals surface area contributed by atoms with Crippen molar-refractivity contribution >= 4 is 54.1 Å². The van der Waals surface area contributed by atoms with Crippen LogP contribution < -0.4 is 10.1 Å². The number of amides is 1. The van der Waals surface area contributed by atoms with Crippen LogP contribution in [0.5, 0.6) is 5.75 Å². The van der Waals surface area contributed by atoms with E-state index in [9.17, 15) is 4.79 Å². The molecule has 0 saturated carbocycles. The lowest BCUT2D eigenvalue weighted by Gasteiger charge is -2.35. The minimum atomic E-state index is 0. The fourth-order valence-corrected chi connectivity index (χ4v) is 3.85. The number of piperazine rings is 1. The Morgan fingerprint density at radius 2 is 1.88 bits per heavy atom. The Hall–Kier alpha value is -0.370. The molecule has 142 valence electrons. The predicted octanol–water partition coefficient (Wildman–Crippen LogP) is 2.37. The summed E-state index contributed by atoms with van der Waals surface area (Å²) >= 11 is 7.64. The monoisotopic (exact) mass is 427 g/mol. The van der Waals surface area contributed by atoms with Crippen LogP contribution in [0.3, 0.4) is 0 Å². The lowest BCUT2D eigenvalue weighted by Crippen LogP contribution is -2.54. The second-order valence-electron chi connectivity index (χ2n) is 5.74. The summed E-state index contributed by atoms with van der Waals surface area (Å²) in [5.74, 6) is 2.88. The molecule has 0 bridgehead atoms. The van der Waals surface area contributed by atoms with Crippen LogP contribution in [0.4, 0.5) is 0 Å². The van der Waals surface area contributed by atoms with Gasteiger partial charge < -0.3 is 9.64 Å². The highest BCUT2D eigenvalue weighted by molar-refractivity contribution is 7.99. The molecule has 0 radical (unpaired) electrons. The molecule has 0 aromatic heterocycles. The van der Waals surface area contributed by atoms with E-state index >= 15 is 0 Å². The molecule has 0 aliphatic carbocycles. The van der Waals surface area contributed by atoms with Crippen molar-refractivity contribution in [3.63, 3.8) is 0 Å². The fourth-order valence-electron chi connectivity index (χ4n) is 2.79. The van der Waals surface area contributed by atoms with Crippen molar-refractivity contribution in [3.8, 4) is 5.75 Å². The first-order chi connectivity index (χ1) is 11.2. The van der Waals surface area contributed by atoms with E-state index in [0.717, 1.165) is 50.1 Å². The molecule has 1 aromatic rings. The van der Waals surface area contributed by atoms with Gasteiger partial charge in [-0.3, -0.25) is 15.0 Å². The normalized spacial score (nSPS) is 20.5. The molecule has 1 amide bonds. The van der Waals surface area contributed by atoms with Crippen molar-refractivity contribution in [2.45, 2.75) is 6.04 Å². The van der Waals surface area contributed by atoms with E-state index < -0.39 is 0 Å². The number of carbonyl (C=O) groups excluding carboxylic acids is 1. The maximum absolute atomic E-state index is 12.3. The highest BCUT2D eigenvalue weighted by Gasteiger charge is 2.29. The Kier molecular flexibility index (Phi) is 10.3. The summed E-state index contributed by atoms with van der Waals surface area (Å²) in [7, 11) is 0. The second-order valence-corrected chi connectivity index (χ2v) is 7.21. The molecule has 1 atom stereocenters. The van der Waals surface area contributed by atoms with Gasteiger partial charge in [0.1, 0.15) is 12.4 Å². The zero-order valence-corrected chi connectivity index (χ0v) is 17.1. The molecule has 2 aliphatic rings. The highest BCUT2D eigenvalue weighted by Crippen LogP contribution is 2.16. The largest absolute Gasteiger partial charge is 0.492 e. The molecule has 2 aliphatic heterocycles. The molecular formula is C16H24Cl3N3O2S. The smallest absolute Gasteiger partial charge is 0.240 e. The van der Waals surface area contributed by atoms with Gasteiger partial charge in [-0.2, -0.15) is 0 Å². The van der Waals surface area contributed by atoms with Crippen molar-refractivity contribution in [2.24, 2.45) is 0 Å². The third-order valence-electron chi connectivity index (χ3n) is 4.19. The van der Waals surface area contributed by atoms with Crippen LogP contribution in [-0.4, -0.2) is 72.7 Å². The zero-order valence-electron chi connectivity index (χ0n) is 13.9. The Labute approximate surface area is 170 Å². The van der Waals surface area contributed by atoms with Crippen LogP contribution in [-0.2, 0) is 4.79 Å². The maximum Gasteiger partial charge on any atom is 0.240 e. The predicted molar refractivity (Wildman–Crippen MR) is 109 cm³/mol. The Morgan fingerprint density at radius 3 is 2.48 bits per heavy atom. The van der Waals surface area contributed by atoms with Crippen LogP contribution in [0, 0.1) is 0 Å². The van der Waals surface area contributed by atoms with E-state index in [2.05, 4.69) is 10.2 Å². The second kappa shape index (κ2) is 11.4. The number of thioether (sulfide) groups is 1. The Morgan fingerprint density at radius 1 is 1.20 bits per heavy atom. The zero-order chi connectivity index (χ0) is 16.1. The van der Waals surface area contributed by atoms with Gasteiger partial charge in [-0.25, -0.2) is 0 Å². The van der Waals surface area contributed by atoms with Gasteiger partial charge in [0, 0.05) is 49.4 Å². The van der Waals surface area contributed by atoms with Crippen molar-refractivity contribution in [1.29, 1.82) is 0 Å². The van der Waals surface area contributed by atoms with Crippen molar-refractivity contribution < 1.29 is 9.53 Å². The van der Waals surface area contributed by atoms with Gasteiger partial charge >= 0.3 is 0 Å². The van der Waals surface area contributed by atoms with Gasteiger partial charge in [0.05, 0.1) is 6.04 Å². The average Bonchev–Trinajstić information content (AvgIpc) is 3.11. The van der Waals surface area contributed by atoms with E-state index in [1.165, 1.54) is 0 Å². The molecule has 1 aromatic carbocycles. The van der Waals surface area contributed by atoms with Gasteiger partial charge in [0.15, 0.2) is 0 Å². The number of hydrogen-bond acceptors (Lipinski definition) is 5. The van der Waals surface area contributed by atoms with Crippen LogP contribution in [0.25, 0.3) is 0 Å². The maximum atomic E-state index is 12.3. The van der Waals surface area contributed by atoms with Gasteiger partial charge in [-0.15, -0.1) is 36.6 Å². The van der Waals surface area contributed by atoms with Crippen LogP contribution in [0.1, 0.15) is 0 Å². The first kappa shape index (κ1) is 22.7. The van der Waals surface area contributed by atoms with Gasteiger partial charge in [0.2, 0.25) is 5.91 Å². The molecule has 2 fully saturated rings. The van der Waals surface area contributed by atoms with Gasteiger partial charge in [-0.05, 0) is 24.3 Å². The quantitative estimate of drug-likeness (QED) is 0.780. The lowest BCUT2D eigenvalue weighted by molar-refractivity contribution is -0.134. The summed E-state index contributed by atoms with van der Waals surface area (Å²) in [5, 5.41) is 3.97. The van der Waals surface area contributed by atoms with E-state index in [-0.39, 0.29) is 36.8 Å². The first-order valence-electron chi connectivity index (χ1n) is 7.93. The van der Waals surface area contributed by atoms with E-state index in [0.29, 0.717) is 11.6 Å². The number of carbonyl (C=O) groups is 1. The third kappa shape index (κ3) is 6.70. The first-order valence-corrected chi connectivity index (χ1v) is 9.46. The van der Waals surface area contributed by atoms with Crippen molar-refractivity contribution in [2.75, 3.05) is 51.0 Å². The minimum Gasteiger partial charge on any atom is -0.492 e. The minimum absolute atomic E-state index is 0. The number of ether oxygens (including phenoxy) is 1. The molecule has 9 heteroatoms. The molecule has 0 spiro atoms. The molecule has 2 heterocycles. The summed E-state index contributed by atoms with van der Waals surface area (Å²) in [6.07, 6.45) is 0. The third-order valence-corrected chi connectivity index (χ3v) is 5.38. The number of rotatable bonds is 5. The number of halogens is 3. The Bertz CT molecular complexity index is 522. The molecule has 1 unspecified atom stereocenters. The molecule has 1 N–H and O–H groups in total. The summed E-state index contributed by atoms with van der Waals surface area (Å²) < 4.78 is 5.73. The molecule has 5 nitrogen and oxygen atoms in total. The molecule has 3 rings (SSSR count). The SMILES string of the molecule is Cl.Cl.O=C(C1CSCN1)N1CCN(CCOc2ccc(Cl)cc2)CC1. The summed E-state index contributed by atoms with van der Waals surface area (Å²) in [5.41, 5.74) is 0. The fraction of sp³-hybridized carbons (Fsp3) is 0.562. The van der Waals surface area contributed by atoms with Crippen LogP contribution >= 0.6 is 48.2 Å². The van der Waals surface area contributed by atoms with Crippen molar-refractivity contribution in [3.05, 3.63) is 29.3 Å². The number of hydrogen-bond donors (Lipinski definition) is 1. The average molecular weight is 429 g/mol. The topological polar surface area (TPSA) is 44.8 Å². The summed E-state index contributed by atoms with van der Waals surface area (Å²) in [6.45, 7) is 4.97. The molecular weight excluding hydrogens is 405 g/mol. The molecule has 25 heavy (non-hydrogen) atoms. The van der Waals surface area contributed by atoms with Crippen LogP contribution in [0.15, 0.2) is 24.3 Å². The number of nitrogens with one attached hydrogen (secondary N) is 1. The molecule has 2 saturated heterocycles. The summed E-state index contributed by atoms with van der Waals surface area (Å²) in [4.78, 5) is 16.7. The van der Waals surface area contributed by atoms with Crippen LogP contribution in [0.2, 0.25) is 5.02 Å². The summed E-state index contributed by atoms with van der Waals surface area (Å²) in [6, 6.07) is 7.43. The van der Waals surface area contributed by atoms with E-state index in [1.807, 2.05) is 29.2 Å². The van der Waals surface area contributed by atoms with Gasteiger partial charge in [-0.1, -0.05) is 11.6 Å². The van der Waals surface area contributed by atoms with Crippen molar-refractivity contribution in [1.82, 2.24) is 15.1 Å².